The maximum absolute atomic E-state index is 10.2. The largest absolute Gasteiger partial charge is 0.390 e. The second-order valence-corrected chi connectivity index (χ2v) is 5.56. The van der Waals surface area contributed by atoms with E-state index in [1.807, 2.05) is 19.0 Å². The third kappa shape index (κ3) is 2.30. The van der Waals surface area contributed by atoms with Gasteiger partial charge in [0.2, 0.25) is 0 Å². The van der Waals surface area contributed by atoms with Crippen molar-refractivity contribution in [1.29, 1.82) is 0 Å². The van der Waals surface area contributed by atoms with Gasteiger partial charge in [0.25, 0.3) is 0 Å². The Labute approximate surface area is 119 Å². The van der Waals surface area contributed by atoms with E-state index in [1.54, 1.807) is 0 Å². The van der Waals surface area contributed by atoms with Gasteiger partial charge >= 0.3 is 0 Å². The Balaban J connectivity index is 2.12. The fourth-order valence-corrected chi connectivity index (χ4v) is 2.89. The number of benzene rings is 2. The van der Waals surface area contributed by atoms with Gasteiger partial charge in [-0.1, -0.05) is 36.4 Å². The molecule has 3 nitrogen and oxygen atoms in total. The normalized spacial score (nSPS) is 13.4. The Morgan fingerprint density at radius 2 is 1.45 bits per heavy atom. The van der Waals surface area contributed by atoms with Gasteiger partial charge in [-0.3, -0.25) is 0 Å². The molecule has 0 saturated heterocycles. The molecule has 0 fully saturated rings. The average molecular weight is 268 g/mol. The van der Waals surface area contributed by atoms with E-state index in [9.17, 15) is 5.11 Å². The van der Waals surface area contributed by atoms with Crippen molar-refractivity contribution >= 4 is 21.8 Å². The number of aromatic nitrogens is 1. The maximum atomic E-state index is 10.2. The second kappa shape index (κ2) is 5.27. The first-order valence-corrected chi connectivity index (χ1v) is 6.95. The molecule has 0 spiro atoms. The number of hydrogen-bond donors (Lipinski definition) is 1. The quantitative estimate of drug-likeness (QED) is 0.788. The minimum Gasteiger partial charge on any atom is -0.390 e. The van der Waals surface area contributed by atoms with Crippen LogP contribution in [0.5, 0.6) is 0 Å². The third-order valence-electron chi connectivity index (χ3n) is 3.65. The molecule has 3 rings (SSSR count). The Morgan fingerprint density at radius 3 is 1.95 bits per heavy atom. The molecule has 104 valence electrons. The molecule has 1 N–H and O–H groups in total. The van der Waals surface area contributed by atoms with E-state index < -0.39 is 0 Å². The topological polar surface area (TPSA) is 28.4 Å². The Hall–Kier alpha value is -1.84. The lowest BCUT2D eigenvalue weighted by Crippen LogP contribution is -2.29. The lowest BCUT2D eigenvalue weighted by molar-refractivity contribution is 0.122. The molecule has 20 heavy (non-hydrogen) atoms. The fraction of sp³-hybridized carbons (Fsp3) is 0.294. The summed E-state index contributed by atoms with van der Waals surface area (Å²) < 4.78 is 2.22. The number of hydrogen-bond acceptors (Lipinski definition) is 2. The fourth-order valence-electron chi connectivity index (χ4n) is 2.89. The molecule has 3 aromatic rings. The van der Waals surface area contributed by atoms with Gasteiger partial charge in [0.15, 0.2) is 0 Å². The second-order valence-electron chi connectivity index (χ2n) is 5.56. The van der Waals surface area contributed by atoms with E-state index in [-0.39, 0.29) is 6.10 Å². The summed E-state index contributed by atoms with van der Waals surface area (Å²) in [6.45, 7) is 1.28. The molecule has 0 radical (unpaired) electrons. The summed E-state index contributed by atoms with van der Waals surface area (Å²) in [4.78, 5) is 2.01. The average Bonchev–Trinajstić information content (AvgIpc) is 2.73. The maximum Gasteiger partial charge on any atom is 0.0845 e. The summed E-state index contributed by atoms with van der Waals surface area (Å²) in [6, 6.07) is 16.8. The van der Waals surface area contributed by atoms with Crippen molar-refractivity contribution < 1.29 is 5.11 Å². The van der Waals surface area contributed by atoms with E-state index in [4.69, 9.17) is 0 Å². The first-order chi connectivity index (χ1) is 9.66. The molecule has 1 heterocycles. The van der Waals surface area contributed by atoms with Crippen LogP contribution >= 0.6 is 0 Å². The molecule has 1 aromatic heterocycles. The van der Waals surface area contributed by atoms with Crippen molar-refractivity contribution in [2.45, 2.75) is 12.6 Å². The monoisotopic (exact) mass is 268 g/mol. The predicted molar refractivity (Wildman–Crippen MR) is 84.0 cm³/mol. The first-order valence-electron chi connectivity index (χ1n) is 6.95. The molecule has 0 aliphatic rings. The summed E-state index contributed by atoms with van der Waals surface area (Å²) in [6.07, 6.45) is -0.371. The van der Waals surface area contributed by atoms with Gasteiger partial charge in [-0.25, -0.2) is 0 Å². The number of fused-ring (bicyclic) bond motifs is 3. The summed E-state index contributed by atoms with van der Waals surface area (Å²) >= 11 is 0. The Morgan fingerprint density at radius 1 is 0.950 bits per heavy atom. The highest BCUT2D eigenvalue weighted by Crippen LogP contribution is 2.28. The number of para-hydroxylation sites is 2. The minimum atomic E-state index is -0.371. The van der Waals surface area contributed by atoms with Crippen molar-refractivity contribution in [3.8, 4) is 0 Å². The zero-order chi connectivity index (χ0) is 14.1. The number of nitrogens with zero attached hydrogens (tertiary/aromatic N) is 2. The van der Waals surface area contributed by atoms with Crippen LogP contribution in [0.3, 0.4) is 0 Å². The molecular weight excluding hydrogens is 248 g/mol. The zero-order valence-corrected chi connectivity index (χ0v) is 12.0. The summed E-state index contributed by atoms with van der Waals surface area (Å²) in [5.41, 5.74) is 2.37. The van der Waals surface area contributed by atoms with Crippen molar-refractivity contribution in [2.24, 2.45) is 0 Å². The smallest absolute Gasteiger partial charge is 0.0845 e. The van der Waals surface area contributed by atoms with Crippen LogP contribution in [-0.4, -0.2) is 41.3 Å². The molecule has 3 heteroatoms. The van der Waals surface area contributed by atoms with E-state index in [0.717, 1.165) is 0 Å². The van der Waals surface area contributed by atoms with Crippen LogP contribution in [0.25, 0.3) is 21.8 Å². The lowest BCUT2D eigenvalue weighted by atomic mass is 10.2. The Kier molecular flexibility index (Phi) is 3.47. The van der Waals surface area contributed by atoms with Crippen LogP contribution in [0.2, 0.25) is 0 Å². The summed E-state index contributed by atoms with van der Waals surface area (Å²) in [5.74, 6) is 0. The van der Waals surface area contributed by atoms with Gasteiger partial charge in [-0.05, 0) is 26.2 Å². The molecule has 0 aliphatic heterocycles. The SMILES string of the molecule is CN(C)CC(O)Cn1c2ccccc2c2ccccc21. The van der Waals surface area contributed by atoms with Gasteiger partial charge in [-0.2, -0.15) is 0 Å². The third-order valence-corrected chi connectivity index (χ3v) is 3.65. The van der Waals surface area contributed by atoms with Crippen molar-refractivity contribution in [1.82, 2.24) is 9.47 Å². The molecule has 2 aromatic carbocycles. The predicted octanol–water partition coefficient (Wildman–Crippen LogP) is 2.72. The number of rotatable bonds is 4. The van der Waals surface area contributed by atoms with Crippen LogP contribution in [-0.2, 0) is 6.54 Å². The molecule has 0 saturated carbocycles. The van der Waals surface area contributed by atoms with Crippen molar-refractivity contribution in [2.75, 3.05) is 20.6 Å². The van der Waals surface area contributed by atoms with Crippen LogP contribution in [0, 0.1) is 0 Å². The van der Waals surface area contributed by atoms with Gasteiger partial charge in [0.1, 0.15) is 0 Å². The molecule has 0 bridgehead atoms. The highest BCUT2D eigenvalue weighted by Gasteiger charge is 2.13. The van der Waals surface area contributed by atoms with Gasteiger partial charge in [0.05, 0.1) is 12.6 Å². The summed E-state index contributed by atoms with van der Waals surface area (Å²) in [5, 5.41) is 12.7. The van der Waals surface area contributed by atoms with Crippen LogP contribution < -0.4 is 0 Å². The molecule has 0 amide bonds. The standard InChI is InChI=1S/C17H20N2O/c1-18(2)11-13(20)12-19-16-9-5-3-7-14(16)15-8-4-6-10-17(15)19/h3-10,13,20H,11-12H2,1-2H3. The van der Waals surface area contributed by atoms with E-state index in [1.165, 1.54) is 21.8 Å². The minimum absolute atomic E-state index is 0.371. The lowest BCUT2D eigenvalue weighted by Gasteiger charge is -2.17. The number of aliphatic hydroxyl groups excluding tert-OH is 1. The highest BCUT2D eigenvalue weighted by molar-refractivity contribution is 6.07. The van der Waals surface area contributed by atoms with E-state index >= 15 is 0 Å². The van der Waals surface area contributed by atoms with Crippen molar-refractivity contribution in [3.05, 3.63) is 48.5 Å². The van der Waals surface area contributed by atoms with Gasteiger partial charge < -0.3 is 14.6 Å². The van der Waals surface area contributed by atoms with Gasteiger partial charge in [0, 0.05) is 28.4 Å². The van der Waals surface area contributed by atoms with E-state index in [0.29, 0.717) is 13.1 Å². The van der Waals surface area contributed by atoms with E-state index in [2.05, 4.69) is 53.1 Å². The summed E-state index contributed by atoms with van der Waals surface area (Å²) in [7, 11) is 3.96. The number of likely N-dealkylation sites (N-methyl/N-ethyl adjacent to an activating group) is 1. The Bertz CT molecular complexity index is 677. The highest BCUT2D eigenvalue weighted by atomic mass is 16.3. The molecular formula is C17H20N2O. The van der Waals surface area contributed by atoms with Crippen LogP contribution in [0.1, 0.15) is 0 Å². The molecule has 1 atom stereocenters. The molecule has 0 aliphatic carbocycles. The number of aliphatic hydroxyl groups is 1. The molecule has 1 unspecified atom stereocenters. The first kappa shape index (κ1) is 13.2. The van der Waals surface area contributed by atoms with Gasteiger partial charge in [-0.15, -0.1) is 0 Å². The van der Waals surface area contributed by atoms with Crippen LogP contribution in [0.4, 0.5) is 0 Å². The van der Waals surface area contributed by atoms with Crippen molar-refractivity contribution in [3.63, 3.8) is 0 Å². The zero-order valence-electron chi connectivity index (χ0n) is 12.0. The van der Waals surface area contributed by atoms with Crippen LogP contribution in [0.15, 0.2) is 48.5 Å².